The van der Waals surface area contributed by atoms with E-state index in [0.29, 0.717) is 29.5 Å². The second-order valence-electron chi connectivity index (χ2n) is 7.09. The van der Waals surface area contributed by atoms with Crippen LogP contribution in [0.15, 0.2) is 6.33 Å². The highest BCUT2D eigenvalue weighted by atomic mass is 16.3. The molecule has 0 bridgehead atoms. The van der Waals surface area contributed by atoms with Crippen LogP contribution in [0.4, 0.5) is 5.82 Å². The van der Waals surface area contributed by atoms with Crippen LogP contribution in [0, 0.1) is 24.2 Å². The highest BCUT2D eigenvalue weighted by molar-refractivity contribution is 5.83. The lowest BCUT2D eigenvalue weighted by molar-refractivity contribution is 0.0147. The molecule has 2 aromatic heterocycles. The van der Waals surface area contributed by atoms with Gasteiger partial charge in [-0.1, -0.05) is 12.8 Å². The van der Waals surface area contributed by atoms with Gasteiger partial charge in [-0.15, -0.1) is 0 Å². The molecule has 2 fully saturated rings. The Hall–Kier alpha value is -2.24. The Balaban J connectivity index is 1.72. The number of aliphatic hydroxyl groups excluding tert-OH is 2. The van der Waals surface area contributed by atoms with Gasteiger partial charge in [0.1, 0.15) is 17.4 Å². The Kier molecular flexibility index (Phi) is 4.06. The van der Waals surface area contributed by atoms with E-state index in [4.69, 9.17) is 5.26 Å². The zero-order valence-electron chi connectivity index (χ0n) is 14.1. The first-order valence-electron chi connectivity index (χ1n) is 8.82. The number of aliphatic hydroxyl groups is 2. The average Bonchev–Trinajstić information content (AvgIpc) is 3.29. The van der Waals surface area contributed by atoms with E-state index in [2.05, 4.69) is 26.3 Å². The molecule has 4 rings (SSSR count). The molecule has 0 amide bonds. The van der Waals surface area contributed by atoms with Crippen LogP contribution >= 0.6 is 0 Å². The number of nitrogens with zero attached hydrogens (tertiary/aromatic N) is 5. The van der Waals surface area contributed by atoms with Crippen LogP contribution in [0.5, 0.6) is 0 Å². The Morgan fingerprint density at radius 3 is 2.68 bits per heavy atom. The van der Waals surface area contributed by atoms with E-state index in [1.165, 1.54) is 12.8 Å². The third kappa shape index (κ3) is 2.73. The SMILES string of the molecule is Cc1nc(NC2CCCC2)c2ncn(C3CC(C#N)C(O)C3O)c2n1. The van der Waals surface area contributed by atoms with Crippen LogP contribution in [0.25, 0.3) is 11.2 Å². The molecule has 2 aliphatic rings. The summed E-state index contributed by atoms with van der Waals surface area (Å²) in [4.78, 5) is 13.5. The standard InChI is InChI=1S/C17H22N6O2/c1-9-20-16(22-11-4-2-3-5-11)13-17(21-9)23(8-19-13)12-6-10(7-18)14(24)15(12)25/h8,10-12,14-15,24-25H,2-6H2,1H3,(H,20,21,22). The fourth-order valence-corrected chi connectivity index (χ4v) is 4.04. The maximum Gasteiger partial charge on any atom is 0.166 e. The highest BCUT2D eigenvalue weighted by Crippen LogP contribution is 2.37. The van der Waals surface area contributed by atoms with Crippen molar-refractivity contribution in [2.75, 3.05) is 5.32 Å². The molecule has 0 aromatic carbocycles. The van der Waals surface area contributed by atoms with Crippen molar-refractivity contribution in [2.45, 2.75) is 63.3 Å². The van der Waals surface area contributed by atoms with Crippen molar-refractivity contribution in [1.82, 2.24) is 19.5 Å². The number of fused-ring (bicyclic) bond motifs is 1. The zero-order chi connectivity index (χ0) is 17.6. The van der Waals surface area contributed by atoms with Gasteiger partial charge in [0.15, 0.2) is 11.5 Å². The number of nitrogens with one attached hydrogen (secondary N) is 1. The molecule has 0 radical (unpaired) electrons. The Morgan fingerprint density at radius 1 is 1.24 bits per heavy atom. The monoisotopic (exact) mass is 342 g/mol. The number of anilines is 1. The van der Waals surface area contributed by atoms with Gasteiger partial charge in [-0.2, -0.15) is 5.26 Å². The Bertz CT molecular complexity index is 822. The minimum absolute atomic E-state index is 0.374. The van der Waals surface area contributed by atoms with Crippen molar-refractivity contribution in [3.8, 4) is 6.07 Å². The summed E-state index contributed by atoms with van der Waals surface area (Å²) in [6.45, 7) is 1.83. The van der Waals surface area contributed by atoms with E-state index in [-0.39, 0.29) is 0 Å². The highest BCUT2D eigenvalue weighted by Gasteiger charge is 2.43. The van der Waals surface area contributed by atoms with Gasteiger partial charge in [0.25, 0.3) is 0 Å². The van der Waals surface area contributed by atoms with Gasteiger partial charge in [-0.05, 0) is 26.2 Å². The third-order valence-electron chi connectivity index (χ3n) is 5.40. The lowest BCUT2D eigenvalue weighted by Gasteiger charge is -2.18. The van der Waals surface area contributed by atoms with Crippen molar-refractivity contribution in [3.63, 3.8) is 0 Å². The van der Waals surface area contributed by atoms with E-state index in [0.717, 1.165) is 18.7 Å². The molecule has 132 valence electrons. The van der Waals surface area contributed by atoms with E-state index < -0.39 is 24.2 Å². The van der Waals surface area contributed by atoms with Gasteiger partial charge in [0.2, 0.25) is 0 Å². The van der Waals surface area contributed by atoms with E-state index >= 15 is 0 Å². The van der Waals surface area contributed by atoms with E-state index in [1.54, 1.807) is 10.9 Å². The third-order valence-corrected chi connectivity index (χ3v) is 5.40. The first-order valence-corrected chi connectivity index (χ1v) is 8.82. The van der Waals surface area contributed by atoms with Gasteiger partial charge >= 0.3 is 0 Å². The lowest BCUT2D eigenvalue weighted by atomic mass is 10.1. The molecule has 0 saturated heterocycles. The summed E-state index contributed by atoms with van der Waals surface area (Å²) < 4.78 is 1.77. The molecule has 0 aliphatic heterocycles. The lowest BCUT2D eigenvalue weighted by Crippen LogP contribution is -2.29. The zero-order valence-corrected chi connectivity index (χ0v) is 14.1. The van der Waals surface area contributed by atoms with Gasteiger partial charge in [-0.25, -0.2) is 15.0 Å². The van der Waals surface area contributed by atoms with Crippen molar-refractivity contribution in [3.05, 3.63) is 12.2 Å². The minimum atomic E-state index is -1.05. The predicted molar refractivity (Wildman–Crippen MR) is 90.7 cm³/mol. The summed E-state index contributed by atoms with van der Waals surface area (Å²) in [6, 6.07) is 2.05. The van der Waals surface area contributed by atoms with Gasteiger partial charge < -0.3 is 20.1 Å². The summed E-state index contributed by atoms with van der Waals surface area (Å²) in [5.41, 5.74) is 1.29. The second kappa shape index (κ2) is 6.24. The van der Waals surface area contributed by atoms with Crippen LogP contribution in [0.2, 0.25) is 0 Å². The number of aromatic nitrogens is 4. The molecule has 4 atom stereocenters. The van der Waals surface area contributed by atoms with Crippen LogP contribution < -0.4 is 5.32 Å². The fraction of sp³-hybridized carbons (Fsp3) is 0.647. The topological polar surface area (TPSA) is 120 Å². The average molecular weight is 342 g/mol. The molecule has 8 heteroatoms. The number of imidazole rings is 1. The second-order valence-corrected chi connectivity index (χ2v) is 7.09. The van der Waals surface area contributed by atoms with Crippen molar-refractivity contribution < 1.29 is 10.2 Å². The molecular weight excluding hydrogens is 320 g/mol. The first kappa shape index (κ1) is 16.2. The minimum Gasteiger partial charge on any atom is -0.389 e. The van der Waals surface area contributed by atoms with Crippen molar-refractivity contribution >= 4 is 17.0 Å². The van der Waals surface area contributed by atoms with Crippen molar-refractivity contribution in [1.29, 1.82) is 5.26 Å². The van der Waals surface area contributed by atoms with Gasteiger partial charge in [-0.3, -0.25) is 0 Å². The smallest absolute Gasteiger partial charge is 0.166 e. The summed E-state index contributed by atoms with van der Waals surface area (Å²) >= 11 is 0. The quantitative estimate of drug-likeness (QED) is 0.769. The molecule has 2 aromatic rings. The first-order chi connectivity index (χ1) is 12.1. The maximum absolute atomic E-state index is 10.3. The van der Waals surface area contributed by atoms with Crippen LogP contribution in [0.1, 0.15) is 44.0 Å². The maximum atomic E-state index is 10.3. The summed E-state index contributed by atoms with van der Waals surface area (Å²) in [5, 5.41) is 33.0. The number of nitriles is 1. The molecule has 4 unspecified atom stereocenters. The van der Waals surface area contributed by atoms with Crippen molar-refractivity contribution in [2.24, 2.45) is 5.92 Å². The van der Waals surface area contributed by atoms with Crippen LogP contribution in [-0.2, 0) is 0 Å². The molecule has 0 spiro atoms. The summed E-state index contributed by atoms with van der Waals surface area (Å²) in [5.74, 6) is 0.758. The van der Waals surface area contributed by atoms with E-state index in [9.17, 15) is 10.2 Å². The number of rotatable bonds is 3. The van der Waals surface area contributed by atoms with Crippen LogP contribution in [-0.4, -0.2) is 48.0 Å². The molecule has 3 N–H and O–H groups in total. The molecule has 2 aliphatic carbocycles. The molecule has 25 heavy (non-hydrogen) atoms. The molecular formula is C17H22N6O2. The Morgan fingerprint density at radius 2 is 2.00 bits per heavy atom. The number of hydrogen-bond acceptors (Lipinski definition) is 7. The number of aryl methyl sites for hydroxylation is 1. The molecule has 2 saturated carbocycles. The van der Waals surface area contributed by atoms with Crippen LogP contribution in [0.3, 0.4) is 0 Å². The normalized spacial score (nSPS) is 30.0. The summed E-state index contributed by atoms with van der Waals surface area (Å²) in [6.07, 6.45) is 4.64. The Labute approximate surface area is 145 Å². The van der Waals surface area contributed by atoms with Gasteiger partial charge in [0.05, 0.1) is 30.5 Å². The molecule has 2 heterocycles. The van der Waals surface area contributed by atoms with Gasteiger partial charge in [0, 0.05) is 6.04 Å². The number of hydrogen-bond donors (Lipinski definition) is 3. The summed E-state index contributed by atoms with van der Waals surface area (Å²) in [7, 11) is 0. The van der Waals surface area contributed by atoms with E-state index in [1.807, 2.05) is 6.92 Å². The fourth-order valence-electron chi connectivity index (χ4n) is 4.04. The largest absolute Gasteiger partial charge is 0.389 e. The predicted octanol–water partition coefficient (Wildman–Crippen LogP) is 1.30. The molecule has 8 nitrogen and oxygen atoms in total.